The summed E-state index contributed by atoms with van der Waals surface area (Å²) in [6.45, 7) is 3.13. The van der Waals surface area contributed by atoms with Crippen LogP contribution >= 0.6 is 0 Å². The van der Waals surface area contributed by atoms with Crippen LogP contribution in [0.15, 0.2) is 16.5 Å². The molecule has 106 valence electrons. The van der Waals surface area contributed by atoms with Crippen molar-refractivity contribution < 1.29 is 24.2 Å². The Morgan fingerprint density at radius 3 is 2.68 bits per heavy atom. The van der Waals surface area contributed by atoms with Gasteiger partial charge in [0, 0.05) is 18.8 Å². The van der Waals surface area contributed by atoms with Gasteiger partial charge in [-0.1, -0.05) is 0 Å². The second-order valence-electron chi connectivity index (χ2n) is 4.92. The summed E-state index contributed by atoms with van der Waals surface area (Å²) in [5.74, 6) is -0.605. The predicted octanol–water partition coefficient (Wildman–Crippen LogP) is 1.17. The molecule has 1 saturated heterocycles. The average Bonchev–Trinajstić information content (AvgIpc) is 2.89. The highest BCUT2D eigenvalue weighted by molar-refractivity contribution is 5.84. The standard InChI is InChI=1S/C13H19NO5/c1-9(10-2-3-11(19-10)12(16)17)14-13(8-15)4-6-18-7-5-13/h2-3,9,14-15H,4-8H2,1H3,(H,16,17). The number of nitrogens with one attached hydrogen (secondary N) is 1. The smallest absolute Gasteiger partial charge is 0.371 e. The monoisotopic (exact) mass is 269 g/mol. The van der Waals surface area contributed by atoms with E-state index >= 15 is 0 Å². The van der Waals surface area contributed by atoms with Crippen molar-refractivity contribution in [2.45, 2.75) is 31.3 Å². The Bertz CT molecular complexity index is 436. The summed E-state index contributed by atoms with van der Waals surface area (Å²) in [6.07, 6.45) is 1.45. The van der Waals surface area contributed by atoms with Gasteiger partial charge in [-0.3, -0.25) is 5.32 Å². The van der Waals surface area contributed by atoms with Crippen LogP contribution in [0.5, 0.6) is 0 Å². The molecule has 2 rings (SSSR count). The van der Waals surface area contributed by atoms with Gasteiger partial charge < -0.3 is 19.4 Å². The number of aromatic carboxylic acids is 1. The Kier molecular flexibility index (Phi) is 4.24. The van der Waals surface area contributed by atoms with Gasteiger partial charge in [0.25, 0.3) is 0 Å². The maximum absolute atomic E-state index is 10.8. The Morgan fingerprint density at radius 2 is 2.16 bits per heavy atom. The first-order valence-electron chi connectivity index (χ1n) is 6.36. The summed E-state index contributed by atoms with van der Waals surface area (Å²) in [5, 5.41) is 21.7. The van der Waals surface area contributed by atoms with Gasteiger partial charge in [0.1, 0.15) is 5.76 Å². The number of furan rings is 1. The van der Waals surface area contributed by atoms with Gasteiger partial charge in [-0.15, -0.1) is 0 Å². The Balaban J connectivity index is 2.05. The fourth-order valence-electron chi connectivity index (χ4n) is 2.34. The van der Waals surface area contributed by atoms with Crippen LogP contribution in [-0.2, 0) is 4.74 Å². The van der Waals surface area contributed by atoms with E-state index < -0.39 is 5.97 Å². The van der Waals surface area contributed by atoms with Crippen molar-refractivity contribution in [3.8, 4) is 0 Å². The highest BCUT2D eigenvalue weighted by Crippen LogP contribution is 2.25. The number of hydrogen-bond donors (Lipinski definition) is 3. The first-order chi connectivity index (χ1) is 9.06. The molecule has 3 N–H and O–H groups in total. The number of ether oxygens (including phenoxy) is 1. The number of carboxylic acids is 1. The summed E-state index contributed by atoms with van der Waals surface area (Å²) in [5.41, 5.74) is -0.381. The molecule has 2 heterocycles. The van der Waals surface area contributed by atoms with E-state index in [1.54, 1.807) is 6.07 Å². The molecule has 0 aromatic carbocycles. The van der Waals surface area contributed by atoms with E-state index in [0.29, 0.717) is 19.0 Å². The van der Waals surface area contributed by atoms with Crippen molar-refractivity contribution in [2.24, 2.45) is 0 Å². The van der Waals surface area contributed by atoms with Crippen LogP contribution < -0.4 is 5.32 Å². The highest BCUT2D eigenvalue weighted by Gasteiger charge is 2.33. The van der Waals surface area contributed by atoms with Crippen LogP contribution in [-0.4, -0.2) is 41.5 Å². The third-order valence-corrected chi connectivity index (χ3v) is 3.54. The fraction of sp³-hybridized carbons (Fsp3) is 0.615. The van der Waals surface area contributed by atoms with E-state index in [2.05, 4.69) is 5.32 Å². The minimum atomic E-state index is -1.08. The average molecular weight is 269 g/mol. The summed E-state index contributed by atoms with van der Waals surface area (Å²) in [7, 11) is 0. The van der Waals surface area contributed by atoms with Crippen LogP contribution in [0.4, 0.5) is 0 Å². The molecule has 0 amide bonds. The zero-order chi connectivity index (χ0) is 13.9. The van der Waals surface area contributed by atoms with Gasteiger partial charge in [0.15, 0.2) is 0 Å². The Labute approximate surface area is 111 Å². The molecule has 6 nitrogen and oxygen atoms in total. The fourth-order valence-corrected chi connectivity index (χ4v) is 2.34. The molecule has 1 unspecified atom stereocenters. The quantitative estimate of drug-likeness (QED) is 0.743. The summed E-state index contributed by atoms with van der Waals surface area (Å²) in [4.78, 5) is 10.8. The molecule has 6 heteroatoms. The van der Waals surface area contributed by atoms with Gasteiger partial charge in [-0.25, -0.2) is 4.79 Å². The number of rotatable bonds is 5. The lowest BCUT2D eigenvalue weighted by Crippen LogP contribution is -2.53. The molecule has 0 radical (unpaired) electrons. The second-order valence-corrected chi connectivity index (χ2v) is 4.92. The van der Waals surface area contributed by atoms with E-state index in [9.17, 15) is 9.90 Å². The maximum atomic E-state index is 10.8. The Morgan fingerprint density at radius 1 is 1.47 bits per heavy atom. The van der Waals surface area contributed by atoms with Gasteiger partial charge in [0.2, 0.25) is 5.76 Å². The minimum absolute atomic E-state index is 0.0210. The second kappa shape index (κ2) is 5.73. The van der Waals surface area contributed by atoms with Crippen LogP contribution in [0, 0.1) is 0 Å². The predicted molar refractivity (Wildman–Crippen MR) is 67.1 cm³/mol. The van der Waals surface area contributed by atoms with Gasteiger partial charge >= 0.3 is 5.97 Å². The molecular formula is C13H19NO5. The molecule has 1 aliphatic rings. The maximum Gasteiger partial charge on any atom is 0.371 e. The highest BCUT2D eigenvalue weighted by atomic mass is 16.5. The summed E-state index contributed by atoms with van der Waals surface area (Å²) < 4.78 is 10.6. The summed E-state index contributed by atoms with van der Waals surface area (Å²) in [6, 6.07) is 2.91. The van der Waals surface area contributed by atoms with Crippen molar-refractivity contribution in [1.82, 2.24) is 5.32 Å². The van der Waals surface area contributed by atoms with Crippen LogP contribution in [0.25, 0.3) is 0 Å². The first-order valence-corrected chi connectivity index (χ1v) is 6.36. The van der Waals surface area contributed by atoms with Crippen molar-refractivity contribution in [1.29, 1.82) is 0 Å². The molecule has 19 heavy (non-hydrogen) atoms. The van der Waals surface area contributed by atoms with E-state index in [4.69, 9.17) is 14.3 Å². The van der Waals surface area contributed by atoms with Crippen LogP contribution in [0.2, 0.25) is 0 Å². The van der Waals surface area contributed by atoms with Gasteiger partial charge in [-0.2, -0.15) is 0 Å². The molecule has 1 aromatic rings. The zero-order valence-electron chi connectivity index (χ0n) is 10.9. The van der Waals surface area contributed by atoms with Crippen molar-refractivity contribution in [2.75, 3.05) is 19.8 Å². The SMILES string of the molecule is CC(NC1(CO)CCOCC1)c1ccc(C(=O)O)o1. The number of carboxylic acid groups (broad SMARTS) is 1. The number of hydrogen-bond acceptors (Lipinski definition) is 5. The van der Waals surface area contributed by atoms with E-state index in [0.717, 1.165) is 12.8 Å². The zero-order valence-corrected chi connectivity index (χ0v) is 10.9. The van der Waals surface area contributed by atoms with E-state index in [-0.39, 0.29) is 23.9 Å². The van der Waals surface area contributed by atoms with Crippen molar-refractivity contribution >= 4 is 5.97 Å². The molecule has 1 aliphatic heterocycles. The Hall–Kier alpha value is -1.37. The van der Waals surface area contributed by atoms with Crippen molar-refractivity contribution in [3.05, 3.63) is 23.7 Å². The molecule has 0 bridgehead atoms. The third-order valence-electron chi connectivity index (χ3n) is 3.54. The van der Waals surface area contributed by atoms with Gasteiger partial charge in [0.05, 0.1) is 12.6 Å². The minimum Gasteiger partial charge on any atom is -0.475 e. The molecule has 0 spiro atoms. The summed E-state index contributed by atoms with van der Waals surface area (Å²) >= 11 is 0. The van der Waals surface area contributed by atoms with E-state index in [1.165, 1.54) is 6.07 Å². The van der Waals surface area contributed by atoms with Gasteiger partial charge in [-0.05, 0) is 31.9 Å². The molecule has 0 aliphatic carbocycles. The molecule has 1 fully saturated rings. The molecule has 1 atom stereocenters. The topological polar surface area (TPSA) is 91.9 Å². The lowest BCUT2D eigenvalue weighted by atomic mass is 9.90. The molecule has 1 aromatic heterocycles. The molecule has 0 saturated carbocycles. The largest absolute Gasteiger partial charge is 0.475 e. The van der Waals surface area contributed by atoms with Crippen LogP contribution in [0.3, 0.4) is 0 Å². The lowest BCUT2D eigenvalue weighted by molar-refractivity contribution is 0.00621. The molecular weight excluding hydrogens is 250 g/mol. The van der Waals surface area contributed by atoms with Crippen LogP contribution in [0.1, 0.15) is 42.1 Å². The van der Waals surface area contributed by atoms with Crippen molar-refractivity contribution in [3.63, 3.8) is 0 Å². The lowest BCUT2D eigenvalue weighted by Gasteiger charge is -2.38. The number of aliphatic hydroxyl groups is 1. The third kappa shape index (κ3) is 3.15. The number of carbonyl (C=O) groups is 1. The van der Waals surface area contributed by atoms with E-state index in [1.807, 2.05) is 6.92 Å². The normalized spacial score (nSPS) is 20.1. The number of aliphatic hydroxyl groups excluding tert-OH is 1. The first kappa shape index (κ1) is 14.0.